The molecule has 2 heterocycles. The highest BCUT2D eigenvalue weighted by Crippen LogP contribution is 2.21. The fraction of sp³-hybridized carbons (Fsp3) is 0.217. The van der Waals surface area contributed by atoms with Crippen molar-refractivity contribution in [2.75, 3.05) is 19.3 Å². The van der Waals surface area contributed by atoms with E-state index in [2.05, 4.69) is 0 Å². The number of sulfone groups is 1. The van der Waals surface area contributed by atoms with E-state index in [0.29, 0.717) is 41.7 Å². The summed E-state index contributed by atoms with van der Waals surface area (Å²) in [5.74, 6) is 0.795. The number of carbonyl (C=O) groups excluding carboxylic acids is 1. The van der Waals surface area contributed by atoms with Crippen LogP contribution in [0.25, 0.3) is 5.69 Å². The van der Waals surface area contributed by atoms with Gasteiger partial charge in [0.05, 0.1) is 11.4 Å². The Hall–Kier alpha value is -3.30. The highest BCUT2D eigenvalue weighted by Gasteiger charge is 2.29. The van der Waals surface area contributed by atoms with Crippen molar-refractivity contribution in [1.82, 2.24) is 9.47 Å². The van der Waals surface area contributed by atoms with Gasteiger partial charge in [0.15, 0.2) is 9.84 Å². The lowest BCUT2D eigenvalue weighted by Crippen LogP contribution is -2.33. The second-order valence-electron chi connectivity index (χ2n) is 7.63. The van der Waals surface area contributed by atoms with Gasteiger partial charge in [-0.15, -0.1) is 0 Å². The molecule has 10 heteroatoms. The van der Waals surface area contributed by atoms with Crippen molar-refractivity contribution in [1.29, 1.82) is 0 Å². The fourth-order valence-electron chi connectivity index (χ4n) is 3.45. The number of likely N-dealkylation sites (tertiary alicyclic amines) is 1. The van der Waals surface area contributed by atoms with Crippen LogP contribution in [-0.2, 0) is 9.84 Å². The van der Waals surface area contributed by atoms with Crippen LogP contribution < -0.4 is 15.0 Å². The van der Waals surface area contributed by atoms with E-state index in [9.17, 15) is 18.0 Å². The third kappa shape index (κ3) is 5.55. The molecule has 3 aromatic rings. The zero-order valence-corrected chi connectivity index (χ0v) is 19.3. The molecule has 1 fully saturated rings. The number of pyridine rings is 1. The number of ether oxygens (including phenoxy) is 2. The highest BCUT2D eigenvalue weighted by atomic mass is 35.5. The summed E-state index contributed by atoms with van der Waals surface area (Å²) in [7, 11) is -3.31. The van der Waals surface area contributed by atoms with E-state index in [0.717, 1.165) is 6.26 Å². The monoisotopic (exact) mass is 488 g/mol. The van der Waals surface area contributed by atoms with Crippen molar-refractivity contribution in [3.63, 3.8) is 0 Å². The molecule has 1 aliphatic heterocycles. The number of nitrogens with zero attached hydrogens (tertiary/aromatic N) is 2. The minimum absolute atomic E-state index is 0.180. The van der Waals surface area contributed by atoms with E-state index >= 15 is 0 Å². The molecule has 2 aromatic carbocycles. The van der Waals surface area contributed by atoms with Crippen LogP contribution in [-0.4, -0.2) is 49.4 Å². The number of rotatable bonds is 5. The first-order valence-electron chi connectivity index (χ1n) is 10.1. The summed E-state index contributed by atoms with van der Waals surface area (Å²) in [5, 5.41) is 0.553. The standard InChI is InChI=1S/C23H21ClN2O6S/c1-33(29,30)21-8-4-17(5-9-21)26-13-11-19(14-22(26)27)31-20-10-12-25(15-20)23(28)32-18-6-2-16(24)3-7-18/h2-9,11,13-14,20H,10,12,15H2,1H3. The van der Waals surface area contributed by atoms with Crippen LogP contribution in [0.1, 0.15) is 6.42 Å². The van der Waals surface area contributed by atoms with E-state index < -0.39 is 15.9 Å². The zero-order chi connectivity index (χ0) is 23.6. The Kier molecular flexibility index (Phi) is 6.44. The molecule has 1 unspecified atom stereocenters. The number of amides is 1. The van der Waals surface area contributed by atoms with E-state index in [-0.39, 0.29) is 16.6 Å². The zero-order valence-electron chi connectivity index (χ0n) is 17.7. The van der Waals surface area contributed by atoms with Gasteiger partial charge in [0.2, 0.25) is 0 Å². The maximum Gasteiger partial charge on any atom is 0.415 e. The van der Waals surface area contributed by atoms with Gasteiger partial charge < -0.3 is 14.4 Å². The Labute approximate surface area is 195 Å². The minimum atomic E-state index is -3.31. The van der Waals surface area contributed by atoms with Crippen LogP contribution >= 0.6 is 11.6 Å². The summed E-state index contributed by atoms with van der Waals surface area (Å²) in [6.45, 7) is 0.809. The molecule has 0 aliphatic carbocycles. The number of halogens is 1. The van der Waals surface area contributed by atoms with Gasteiger partial charge in [0.25, 0.3) is 5.56 Å². The predicted octanol–water partition coefficient (Wildman–Crippen LogP) is 3.55. The molecule has 8 nitrogen and oxygen atoms in total. The molecule has 0 saturated carbocycles. The van der Waals surface area contributed by atoms with Gasteiger partial charge in [-0.1, -0.05) is 11.6 Å². The molecule has 172 valence electrons. The second-order valence-corrected chi connectivity index (χ2v) is 10.1. The normalized spacial score (nSPS) is 15.9. The third-order valence-electron chi connectivity index (χ3n) is 5.16. The highest BCUT2D eigenvalue weighted by molar-refractivity contribution is 7.90. The lowest BCUT2D eigenvalue weighted by atomic mass is 10.3. The number of hydrogen-bond donors (Lipinski definition) is 0. The molecule has 0 radical (unpaired) electrons. The topological polar surface area (TPSA) is 94.9 Å². The predicted molar refractivity (Wildman–Crippen MR) is 123 cm³/mol. The molecule has 1 aromatic heterocycles. The van der Waals surface area contributed by atoms with Crippen LogP contribution in [0.5, 0.6) is 11.5 Å². The van der Waals surface area contributed by atoms with E-state index in [4.69, 9.17) is 21.1 Å². The average molecular weight is 489 g/mol. The Bertz CT molecular complexity index is 1320. The number of hydrogen-bond acceptors (Lipinski definition) is 6. The van der Waals surface area contributed by atoms with Crippen molar-refractivity contribution in [2.45, 2.75) is 17.4 Å². The van der Waals surface area contributed by atoms with Gasteiger partial charge in [0, 0.05) is 42.2 Å². The van der Waals surface area contributed by atoms with Crippen LogP contribution in [0.15, 0.2) is 76.6 Å². The lowest BCUT2D eigenvalue weighted by Gasteiger charge is -2.17. The summed E-state index contributed by atoms with van der Waals surface area (Å²) < 4.78 is 35.8. The fourth-order valence-corrected chi connectivity index (χ4v) is 4.21. The first-order valence-corrected chi connectivity index (χ1v) is 12.4. The quantitative estimate of drug-likeness (QED) is 0.545. The maximum absolute atomic E-state index is 12.6. The van der Waals surface area contributed by atoms with Crippen molar-refractivity contribution in [3.05, 3.63) is 82.2 Å². The molecule has 0 spiro atoms. The number of benzene rings is 2. The SMILES string of the molecule is CS(=O)(=O)c1ccc(-n2ccc(OC3CCN(C(=O)Oc4ccc(Cl)cc4)C3)cc2=O)cc1. The van der Waals surface area contributed by atoms with E-state index in [1.165, 1.54) is 22.8 Å². The van der Waals surface area contributed by atoms with Gasteiger partial charge >= 0.3 is 6.09 Å². The summed E-state index contributed by atoms with van der Waals surface area (Å²) in [5.41, 5.74) is 0.215. The molecule has 1 saturated heterocycles. The molecular formula is C23H21ClN2O6S. The van der Waals surface area contributed by atoms with Crippen molar-refractivity contribution in [2.24, 2.45) is 0 Å². The Morgan fingerprint density at radius 3 is 2.36 bits per heavy atom. The summed E-state index contributed by atoms with van der Waals surface area (Å²) in [4.78, 5) is 26.7. The third-order valence-corrected chi connectivity index (χ3v) is 6.54. The molecule has 0 N–H and O–H groups in total. The van der Waals surface area contributed by atoms with Crippen molar-refractivity contribution < 1.29 is 22.7 Å². The first kappa shape index (κ1) is 22.9. The van der Waals surface area contributed by atoms with Gasteiger partial charge in [-0.05, 0) is 54.6 Å². The van der Waals surface area contributed by atoms with Gasteiger partial charge in [-0.25, -0.2) is 13.2 Å². The molecular weight excluding hydrogens is 468 g/mol. The summed E-state index contributed by atoms with van der Waals surface area (Å²) in [6.07, 6.45) is 2.55. The number of carbonyl (C=O) groups is 1. The molecule has 0 bridgehead atoms. The Balaban J connectivity index is 1.38. The maximum atomic E-state index is 12.6. The van der Waals surface area contributed by atoms with Crippen LogP contribution in [0.3, 0.4) is 0 Å². The van der Waals surface area contributed by atoms with Gasteiger partial charge in [-0.2, -0.15) is 0 Å². The largest absolute Gasteiger partial charge is 0.488 e. The lowest BCUT2D eigenvalue weighted by molar-refractivity contribution is 0.152. The molecule has 1 atom stereocenters. The van der Waals surface area contributed by atoms with Crippen molar-refractivity contribution in [3.8, 4) is 17.2 Å². The molecule has 33 heavy (non-hydrogen) atoms. The number of aromatic nitrogens is 1. The first-order chi connectivity index (χ1) is 15.7. The average Bonchev–Trinajstić information content (AvgIpc) is 3.24. The molecule has 4 rings (SSSR count). The summed E-state index contributed by atoms with van der Waals surface area (Å²) >= 11 is 5.84. The Morgan fingerprint density at radius 2 is 1.73 bits per heavy atom. The minimum Gasteiger partial charge on any atom is -0.488 e. The van der Waals surface area contributed by atoms with Crippen LogP contribution in [0, 0.1) is 0 Å². The van der Waals surface area contributed by atoms with Crippen LogP contribution in [0.4, 0.5) is 4.79 Å². The Morgan fingerprint density at radius 1 is 1.03 bits per heavy atom. The van der Waals surface area contributed by atoms with Gasteiger partial charge in [-0.3, -0.25) is 9.36 Å². The second kappa shape index (κ2) is 9.29. The van der Waals surface area contributed by atoms with E-state index in [1.54, 1.807) is 53.6 Å². The van der Waals surface area contributed by atoms with Gasteiger partial charge in [0.1, 0.15) is 17.6 Å². The van der Waals surface area contributed by atoms with Crippen molar-refractivity contribution >= 4 is 27.5 Å². The smallest absolute Gasteiger partial charge is 0.415 e. The van der Waals surface area contributed by atoms with E-state index in [1.807, 2.05) is 0 Å². The van der Waals surface area contributed by atoms with Crippen LogP contribution in [0.2, 0.25) is 5.02 Å². The summed E-state index contributed by atoms with van der Waals surface area (Å²) in [6, 6.07) is 15.6. The molecule has 1 amide bonds. The molecule has 1 aliphatic rings.